The molecule has 100 valence electrons. The van der Waals surface area contributed by atoms with Gasteiger partial charge in [-0.2, -0.15) is 4.98 Å². The highest BCUT2D eigenvalue weighted by Crippen LogP contribution is 2.23. The van der Waals surface area contributed by atoms with Crippen LogP contribution in [0.1, 0.15) is 12.8 Å². The number of rotatable bonds is 4. The Morgan fingerprint density at radius 3 is 3.21 bits per heavy atom. The Morgan fingerprint density at radius 2 is 2.47 bits per heavy atom. The summed E-state index contributed by atoms with van der Waals surface area (Å²) in [5, 5.41) is 17.2. The van der Waals surface area contributed by atoms with Gasteiger partial charge < -0.3 is 15.1 Å². The summed E-state index contributed by atoms with van der Waals surface area (Å²) in [7, 11) is 0. The summed E-state index contributed by atoms with van der Waals surface area (Å²) >= 11 is 0. The van der Waals surface area contributed by atoms with Crippen LogP contribution in [0.5, 0.6) is 0 Å². The SMILES string of the molecule is O=[N+]([O-])c1ccc2oc(NCC3CCCN3)nc2c1. The van der Waals surface area contributed by atoms with Gasteiger partial charge in [0.25, 0.3) is 11.7 Å². The van der Waals surface area contributed by atoms with Crippen LogP contribution in [0.3, 0.4) is 0 Å². The first kappa shape index (κ1) is 11.9. The molecule has 0 spiro atoms. The van der Waals surface area contributed by atoms with E-state index in [1.807, 2.05) is 0 Å². The molecule has 1 saturated heterocycles. The largest absolute Gasteiger partial charge is 0.424 e. The molecule has 2 aromatic rings. The molecule has 1 aliphatic rings. The summed E-state index contributed by atoms with van der Waals surface area (Å²) < 4.78 is 5.49. The molecule has 7 heteroatoms. The van der Waals surface area contributed by atoms with Crippen molar-refractivity contribution in [2.45, 2.75) is 18.9 Å². The molecule has 2 N–H and O–H groups in total. The Hall–Kier alpha value is -2.15. The van der Waals surface area contributed by atoms with Crippen molar-refractivity contribution >= 4 is 22.8 Å². The smallest absolute Gasteiger partial charge is 0.295 e. The Kier molecular flexibility index (Phi) is 3.04. The van der Waals surface area contributed by atoms with Crippen LogP contribution in [0.4, 0.5) is 11.7 Å². The molecule has 2 heterocycles. The molecule has 1 aromatic heterocycles. The minimum absolute atomic E-state index is 0.0183. The zero-order valence-corrected chi connectivity index (χ0v) is 10.3. The van der Waals surface area contributed by atoms with Crippen molar-refractivity contribution in [1.82, 2.24) is 10.3 Å². The predicted octanol–water partition coefficient (Wildman–Crippen LogP) is 1.90. The average Bonchev–Trinajstić information content (AvgIpc) is 3.04. The van der Waals surface area contributed by atoms with E-state index in [9.17, 15) is 10.1 Å². The molecule has 0 bridgehead atoms. The fourth-order valence-electron chi connectivity index (χ4n) is 2.25. The van der Waals surface area contributed by atoms with Crippen LogP contribution < -0.4 is 10.6 Å². The van der Waals surface area contributed by atoms with Gasteiger partial charge in [-0.1, -0.05) is 0 Å². The second-order valence-corrected chi connectivity index (χ2v) is 4.60. The van der Waals surface area contributed by atoms with Crippen molar-refractivity contribution in [3.63, 3.8) is 0 Å². The lowest BCUT2D eigenvalue weighted by Gasteiger charge is -2.09. The molecule has 3 rings (SSSR count). The Labute approximate surface area is 109 Å². The van der Waals surface area contributed by atoms with Gasteiger partial charge in [-0.25, -0.2) is 0 Å². The van der Waals surface area contributed by atoms with E-state index in [1.165, 1.54) is 18.6 Å². The van der Waals surface area contributed by atoms with E-state index in [-0.39, 0.29) is 5.69 Å². The lowest BCUT2D eigenvalue weighted by Crippen LogP contribution is -2.29. The highest BCUT2D eigenvalue weighted by molar-refractivity contribution is 5.77. The van der Waals surface area contributed by atoms with Crippen molar-refractivity contribution in [1.29, 1.82) is 0 Å². The molecule has 0 saturated carbocycles. The number of nitrogens with zero attached hydrogens (tertiary/aromatic N) is 2. The van der Waals surface area contributed by atoms with E-state index in [0.29, 0.717) is 23.2 Å². The number of nitrogens with one attached hydrogen (secondary N) is 2. The third-order valence-corrected chi connectivity index (χ3v) is 3.24. The number of non-ortho nitro benzene ring substituents is 1. The standard InChI is InChI=1S/C12H14N4O3/c17-16(18)9-3-4-11-10(6-9)15-12(19-11)14-7-8-2-1-5-13-8/h3-4,6,8,13H,1-2,5,7H2,(H,14,15). The van der Waals surface area contributed by atoms with Crippen LogP contribution in [0.2, 0.25) is 0 Å². The number of benzene rings is 1. The van der Waals surface area contributed by atoms with Crippen LogP contribution >= 0.6 is 0 Å². The summed E-state index contributed by atoms with van der Waals surface area (Å²) in [5.74, 6) is 0. The number of hydrogen-bond acceptors (Lipinski definition) is 6. The van der Waals surface area contributed by atoms with Gasteiger partial charge in [0.1, 0.15) is 5.52 Å². The minimum Gasteiger partial charge on any atom is -0.424 e. The second kappa shape index (κ2) is 4.85. The number of nitro groups is 1. The van der Waals surface area contributed by atoms with E-state index in [4.69, 9.17) is 4.42 Å². The van der Waals surface area contributed by atoms with Crippen molar-refractivity contribution in [2.24, 2.45) is 0 Å². The molecular formula is C12H14N4O3. The summed E-state index contributed by atoms with van der Waals surface area (Å²) in [6.07, 6.45) is 2.32. The summed E-state index contributed by atoms with van der Waals surface area (Å²) in [6, 6.07) is 5.24. The van der Waals surface area contributed by atoms with E-state index in [0.717, 1.165) is 19.5 Å². The van der Waals surface area contributed by atoms with Gasteiger partial charge in [0.2, 0.25) is 0 Å². The Bertz CT molecular complexity index is 604. The maximum atomic E-state index is 10.7. The van der Waals surface area contributed by atoms with Gasteiger partial charge in [-0.15, -0.1) is 0 Å². The Morgan fingerprint density at radius 1 is 1.58 bits per heavy atom. The monoisotopic (exact) mass is 262 g/mol. The topological polar surface area (TPSA) is 93.2 Å². The summed E-state index contributed by atoms with van der Waals surface area (Å²) in [4.78, 5) is 14.4. The quantitative estimate of drug-likeness (QED) is 0.645. The van der Waals surface area contributed by atoms with E-state index >= 15 is 0 Å². The van der Waals surface area contributed by atoms with Crippen molar-refractivity contribution in [3.05, 3.63) is 28.3 Å². The van der Waals surface area contributed by atoms with E-state index in [2.05, 4.69) is 15.6 Å². The van der Waals surface area contributed by atoms with E-state index in [1.54, 1.807) is 6.07 Å². The lowest BCUT2D eigenvalue weighted by atomic mass is 10.2. The predicted molar refractivity (Wildman–Crippen MR) is 70.2 cm³/mol. The lowest BCUT2D eigenvalue weighted by molar-refractivity contribution is -0.384. The number of nitro benzene ring substituents is 1. The fourth-order valence-corrected chi connectivity index (χ4v) is 2.25. The zero-order chi connectivity index (χ0) is 13.2. The minimum atomic E-state index is -0.441. The number of anilines is 1. The van der Waals surface area contributed by atoms with Gasteiger partial charge >= 0.3 is 0 Å². The third-order valence-electron chi connectivity index (χ3n) is 3.24. The van der Waals surface area contributed by atoms with Crippen LogP contribution in [-0.4, -0.2) is 29.0 Å². The van der Waals surface area contributed by atoms with Crippen LogP contribution in [0.25, 0.3) is 11.1 Å². The first-order valence-corrected chi connectivity index (χ1v) is 6.24. The molecule has 1 aliphatic heterocycles. The average molecular weight is 262 g/mol. The molecule has 7 nitrogen and oxygen atoms in total. The van der Waals surface area contributed by atoms with Gasteiger partial charge in [0.15, 0.2) is 5.58 Å². The molecule has 1 aromatic carbocycles. The molecule has 0 amide bonds. The normalized spacial score (nSPS) is 18.8. The first-order valence-electron chi connectivity index (χ1n) is 6.24. The van der Waals surface area contributed by atoms with Gasteiger partial charge in [-0.05, 0) is 25.5 Å². The molecular weight excluding hydrogens is 248 g/mol. The highest BCUT2D eigenvalue weighted by Gasteiger charge is 2.15. The maximum absolute atomic E-state index is 10.7. The molecule has 0 aliphatic carbocycles. The number of hydrogen-bond donors (Lipinski definition) is 2. The van der Waals surface area contributed by atoms with E-state index < -0.39 is 4.92 Å². The third kappa shape index (κ3) is 2.50. The van der Waals surface area contributed by atoms with Crippen molar-refractivity contribution in [3.8, 4) is 0 Å². The van der Waals surface area contributed by atoms with Crippen LogP contribution in [-0.2, 0) is 0 Å². The van der Waals surface area contributed by atoms with Gasteiger partial charge in [0.05, 0.1) is 4.92 Å². The first-order chi connectivity index (χ1) is 9.22. The second-order valence-electron chi connectivity index (χ2n) is 4.60. The van der Waals surface area contributed by atoms with Crippen LogP contribution in [0, 0.1) is 10.1 Å². The van der Waals surface area contributed by atoms with Crippen molar-refractivity contribution in [2.75, 3.05) is 18.4 Å². The maximum Gasteiger partial charge on any atom is 0.295 e. The van der Waals surface area contributed by atoms with Crippen LogP contribution in [0.15, 0.2) is 22.6 Å². The highest BCUT2D eigenvalue weighted by atomic mass is 16.6. The molecule has 1 fully saturated rings. The van der Waals surface area contributed by atoms with Gasteiger partial charge in [-0.3, -0.25) is 10.1 Å². The molecule has 19 heavy (non-hydrogen) atoms. The fraction of sp³-hybridized carbons (Fsp3) is 0.417. The molecule has 1 unspecified atom stereocenters. The summed E-state index contributed by atoms with van der Waals surface area (Å²) in [5.41, 5.74) is 1.06. The zero-order valence-electron chi connectivity index (χ0n) is 10.3. The number of aromatic nitrogens is 1. The molecule has 0 radical (unpaired) electrons. The molecule has 1 atom stereocenters. The van der Waals surface area contributed by atoms with Gasteiger partial charge in [0, 0.05) is 24.7 Å². The summed E-state index contributed by atoms with van der Waals surface area (Å²) in [6.45, 7) is 1.79. The Balaban J connectivity index is 1.75. The number of fused-ring (bicyclic) bond motifs is 1. The number of oxazole rings is 1. The van der Waals surface area contributed by atoms with Crippen molar-refractivity contribution < 1.29 is 9.34 Å².